The summed E-state index contributed by atoms with van der Waals surface area (Å²) in [5.41, 5.74) is 5.54. The number of imidazole rings is 2. The first kappa shape index (κ1) is 13.7. The molecule has 0 radical (unpaired) electrons. The molecular weight excluding hydrogens is 286 g/mol. The zero-order valence-electron chi connectivity index (χ0n) is 13.1. The van der Waals surface area contributed by atoms with E-state index >= 15 is 0 Å². The van der Waals surface area contributed by atoms with E-state index in [1.54, 1.807) is 6.20 Å². The van der Waals surface area contributed by atoms with E-state index in [0.717, 1.165) is 34.5 Å². The van der Waals surface area contributed by atoms with Gasteiger partial charge in [0, 0.05) is 37.4 Å². The molecule has 5 heteroatoms. The molecule has 0 bridgehead atoms. The maximum atomic E-state index is 4.77. The Bertz CT molecular complexity index is 966. The van der Waals surface area contributed by atoms with E-state index in [1.807, 2.05) is 36.5 Å². The Labute approximate surface area is 134 Å². The van der Waals surface area contributed by atoms with Gasteiger partial charge in [-0.2, -0.15) is 0 Å². The summed E-state index contributed by atoms with van der Waals surface area (Å²) >= 11 is 0. The summed E-state index contributed by atoms with van der Waals surface area (Å²) in [4.78, 5) is 13.2. The van der Waals surface area contributed by atoms with Crippen LogP contribution >= 0.6 is 0 Å². The Morgan fingerprint density at radius 2 is 2.00 bits per heavy atom. The Hall–Kier alpha value is -2.95. The molecule has 0 aliphatic carbocycles. The molecule has 5 nitrogen and oxygen atoms in total. The highest BCUT2D eigenvalue weighted by atomic mass is 15.1. The predicted octanol–water partition coefficient (Wildman–Crippen LogP) is 3.19. The van der Waals surface area contributed by atoms with E-state index in [9.17, 15) is 0 Å². The Morgan fingerprint density at radius 3 is 2.83 bits per heavy atom. The molecule has 3 heterocycles. The van der Waals surface area contributed by atoms with E-state index in [1.165, 1.54) is 5.56 Å². The Morgan fingerprint density at radius 1 is 1.09 bits per heavy atom. The van der Waals surface area contributed by atoms with Gasteiger partial charge in [0.2, 0.25) is 0 Å². The van der Waals surface area contributed by atoms with Crippen molar-refractivity contribution in [3.63, 3.8) is 0 Å². The quantitative estimate of drug-likeness (QED) is 0.584. The third kappa shape index (κ3) is 2.50. The second kappa shape index (κ2) is 5.35. The number of nitrogens with zero attached hydrogens (tertiary/aromatic N) is 5. The fourth-order valence-electron chi connectivity index (χ4n) is 2.85. The van der Waals surface area contributed by atoms with Crippen molar-refractivity contribution in [2.24, 2.45) is 7.05 Å². The molecule has 0 spiro atoms. The van der Waals surface area contributed by atoms with Gasteiger partial charge < -0.3 is 9.13 Å². The van der Waals surface area contributed by atoms with Crippen molar-refractivity contribution in [1.29, 1.82) is 0 Å². The minimum absolute atomic E-state index is 0.754. The van der Waals surface area contributed by atoms with Gasteiger partial charge in [0.15, 0.2) is 0 Å². The van der Waals surface area contributed by atoms with E-state index in [4.69, 9.17) is 4.98 Å². The van der Waals surface area contributed by atoms with Crippen LogP contribution in [-0.2, 0) is 13.6 Å². The van der Waals surface area contributed by atoms with Crippen LogP contribution in [0.3, 0.4) is 0 Å². The molecule has 0 amide bonds. The Balaban J connectivity index is 1.77. The van der Waals surface area contributed by atoms with Crippen LogP contribution in [0.4, 0.5) is 0 Å². The molecule has 0 fully saturated rings. The van der Waals surface area contributed by atoms with Crippen LogP contribution in [0.25, 0.3) is 22.4 Å². The van der Waals surface area contributed by atoms with Crippen LogP contribution in [0.2, 0.25) is 0 Å². The zero-order valence-corrected chi connectivity index (χ0v) is 13.1. The van der Waals surface area contributed by atoms with Gasteiger partial charge in [-0.25, -0.2) is 9.97 Å². The highest BCUT2D eigenvalue weighted by Crippen LogP contribution is 2.24. The molecule has 114 valence electrons. The molecule has 4 aromatic rings. The molecule has 0 unspecified atom stereocenters. The lowest BCUT2D eigenvalue weighted by molar-refractivity contribution is 0.793. The number of rotatable bonds is 3. The number of pyridine rings is 1. The average molecular weight is 303 g/mol. The second-order valence-electron chi connectivity index (χ2n) is 5.80. The summed E-state index contributed by atoms with van der Waals surface area (Å²) in [7, 11) is 2.05. The maximum absolute atomic E-state index is 4.77. The van der Waals surface area contributed by atoms with Gasteiger partial charge in [-0.3, -0.25) is 4.98 Å². The van der Waals surface area contributed by atoms with Crippen molar-refractivity contribution < 1.29 is 0 Å². The molecular formula is C18H17N5. The third-order valence-corrected chi connectivity index (χ3v) is 4.01. The minimum atomic E-state index is 0.754. The van der Waals surface area contributed by atoms with Crippen molar-refractivity contribution in [1.82, 2.24) is 24.1 Å². The fourth-order valence-corrected chi connectivity index (χ4v) is 2.85. The van der Waals surface area contributed by atoms with Gasteiger partial charge in [0.1, 0.15) is 5.82 Å². The number of aryl methyl sites for hydroxylation is 2. The lowest BCUT2D eigenvalue weighted by Crippen LogP contribution is -1.99. The van der Waals surface area contributed by atoms with E-state index in [0.29, 0.717) is 0 Å². The number of benzene rings is 1. The maximum Gasteiger partial charge on any atom is 0.142 e. The number of aromatic nitrogens is 5. The molecule has 0 atom stereocenters. The largest absolute Gasteiger partial charge is 0.333 e. The van der Waals surface area contributed by atoms with Gasteiger partial charge in [-0.05, 0) is 36.2 Å². The molecule has 0 saturated heterocycles. The van der Waals surface area contributed by atoms with Crippen molar-refractivity contribution in [3.05, 3.63) is 66.5 Å². The molecule has 4 rings (SSSR count). The van der Waals surface area contributed by atoms with Gasteiger partial charge in [0.05, 0.1) is 23.9 Å². The lowest BCUT2D eigenvalue weighted by Gasteiger charge is -2.06. The van der Waals surface area contributed by atoms with Gasteiger partial charge in [-0.15, -0.1) is 0 Å². The SMILES string of the molecule is Cc1ccc2nc(-c3cncc(Cn4ccnc4)c3)n(C)c2c1. The summed E-state index contributed by atoms with van der Waals surface area (Å²) in [5.74, 6) is 0.936. The van der Waals surface area contributed by atoms with Crippen molar-refractivity contribution in [2.45, 2.75) is 13.5 Å². The first-order chi connectivity index (χ1) is 11.2. The average Bonchev–Trinajstić information content (AvgIpc) is 3.16. The lowest BCUT2D eigenvalue weighted by atomic mass is 10.2. The van der Waals surface area contributed by atoms with Gasteiger partial charge in [0.25, 0.3) is 0 Å². The molecule has 3 aromatic heterocycles. The minimum Gasteiger partial charge on any atom is -0.333 e. The summed E-state index contributed by atoms with van der Waals surface area (Å²) < 4.78 is 4.15. The number of hydrogen-bond acceptors (Lipinski definition) is 3. The molecule has 1 aromatic carbocycles. The van der Waals surface area contributed by atoms with E-state index < -0.39 is 0 Å². The molecule has 0 aliphatic rings. The summed E-state index contributed by atoms with van der Waals surface area (Å²) in [6.07, 6.45) is 9.29. The van der Waals surface area contributed by atoms with Crippen LogP contribution < -0.4 is 0 Å². The van der Waals surface area contributed by atoms with Gasteiger partial charge in [-0.1, -0.05) is 6.07 Å². The van der Waals surface area contributed by atoms with Crippen LogP contribution in [0.15, 0.2) is 55.4 Å². The zero-order chi connectivity index (χ0) is 15.8. The third-order valence-electron chi connectivity index (χ3n) is 4.01. The van der Waals surface area contributed by atoms with Crippen LogP contribution in [-0.4, -0.2) is 24.1 Å². The summed E-state index contributed by atoms with van der Waals surface area (Å²) in [5, 5.41) is 0. The molecule has 23 heavy (non-hydrogen) atoms. The second-order valence-corrected chi connectivity index (χ2v) is 5.80. The molecule has 0 saturated carbocycles. The van der Waals surface area contributed by atoms with Crippen molar-refractivity contribution in [2.75, 3.05) is 0 Å². The fraction of sp³-hybridized carbons (Fsp3) is 0.167. The molecule has 0 N–H and O–H groups in total. The topological polar surface area (TPSA) is 48.5 Å². The first-order valence-corrected chi connectivity index (χ1v) is 7.54. The van der Waals surface area contributed by atoms with E-state index in [-0.39, 0.29) is 0 Å². The normalized spacial score (nSPS) is 11.2. The van der Waals surface area contributed by atoms with Crippen LogP contribution in [0.1, 0.15) is 11.1 Å². The summed E-state index contributed by atoms with van der Waals surface area (Å²) in [6.45, 7) is 2.85. The number of fused-ring (bicyclic) bond motifs is 1. The van der Waals surface area contributed by atoms with Crippen LogP contribution in [0.5, 0.6) is 0 Å². The standard InChI is InChI=1S/C18H17N5/c1-13-3-4-16-17(7-13)22(2)18(21-16)15-8-14(9-20-10-15)11-23-6-5-19-12-23/h3-10,12H,11H2,1-2H3. The van der Waals surface area contributed by atoms with Crippen molar-refractivity contribution in [3.8, 4) is 11.4 Å². The number of hydrogen-bond donors (Lipinski definition) is 0. The first-order valence-electron chi connectivity index (χ1n) is 7.54. The van der Waals surface area contributed by atoms with E-state index in [2.05, 4.69) is 45.7 Å². The predicted molar refractivity (Wildman–Crippen MR) is 90.0 cm³/mol. The van der Waals surface area contributed by atoms with Crippen molar-refractivity contribution >= 4 is 11.0 Å². The monoisotopic (exact) mass is 303 g/mol. The smallest absolute Gasteiger partial charge is 0.142 e. The highest BCUT2D eigenvalue weighted by molar-refractivity contribution is 5.81. The Kier molecular flexibility index (Phi) is 3.19. The summed E-state index contributed by atoms with van der Waals surface area (Å²) in [6, 6.07) is 8.46. The van der Waals surface area contributed by atoms with Crippen LogP contribution in [0, 0.1) is 6.92 Å². The van der Waals surface area contributed by atoms with Gasteiger partial charge >= 0.3 is 0 Å². The highest BCUT2D eigenvalue weighted by Gasteiger charge is 2.11. The molecule has 0 aliphatic heterocycles.